The number of hydrogen-bond acceptors (Lipinski definition) is 9. The molecule has 0 aromatic rings. The molecular formula is C17H32N6O6S2. The first-order valence-electron chi connectivity index (χ1n) is 9.66. The van der Waals surface area contributed by atoms with Crippen LogP contribution in [0.4, 0.5) is 0 Å². The molecule has 0 rings (SSSR count). The summed E-state index contributed by atoms with van der Waals surface area (Å²) in [5.41, 5.74) is 16.1. The van der Waals surface area contributed by atoms with Gasteiger partial charge >= 0.3 is 5.97 Å². The Morgan fingerprint density at radius 3 is 1.84 bits per heavy atom. The summed E-state index contributed by atoms with van der Waals surface area (Å²) in [4.78, 5) is 59.7. The summed E-state index contributed by atoms with van der Waals surface area (Å²) in [6.45, 7) is 0.380. The second-order valence-corrected chi connectivity index (χ2v) is 7.51. The van der Waals surface area contributed by atoms with Crippen LogP contribution in [-0.2, 0) is 24.0 Å². The van der Waals surface area contributed by atoms with Crippen molar-refractivity contribution < 1.29 is 29.1 Å². The zero-order chi connectivity index (χ0) is 24.0. The van der Waals surface area contributed by atoms with Gasteiger partial charge in [-0.3, -0.25) is 19.2 Å². The van der Waals surface area contributed by atoms with E-state index in [4.69, 9.17) is 17.2 Å². The molecule has 31 heavy (non-hydrogen) atoms. The fourth-order valence-corrected chi connectivity index (χ4v) is 2.83. The lowest BCUT2D eigenvalue weighted by Crippen LogP contribution is -2.57. The molecule has 12 nitrogen and oxygen atoms in total. The predicted octanol–water partition coefficient (Wildman–Crippen LogP) is -2.89. The first kappa shape index (κ1) is 29.0. The Hall–Kier alpha value is -2.03. The maximum atomic E-state index is 12.6. The highest BCUT2D eigenvalue weighted by atomic mass is 32.1. The molecule has 0 aromatic carbocycles. The number of carboxylic acids is 1. The summed E-state index contributed by atoms with van der Waals surface area (Å²) in [6, 6.07) is -4.52. The van der Waals surface area contributed by atoms with Gasteiger partial charge in [-0.15, -0.1) is 0 Å². The minimum atomic E-state index is -1.26. The molecule has 0 heterocycles. The van der Waals surface area contributed by atoms with Gasteiger partial charge in [-0.25, -0.2) is 4.79 Å². The van der Waals surface area contributed by atoms with E-state index in [9.17, 15) is 29.1 Å². The van der Waals surface area contributed by atoms with Crippen LogP contribution < -0.4 is 33.2 Å². The average molecular weight is 481 g/mol. The SMILES string of the molecule is NCCCCC(NC(=O)C(CCC(N)=O)NC(=O)C(CS)NC(=O)C(N)CS)C(=O)O. The van der Waals surface area contributed by atoms with Gasteiger partial charge in [0.1, 0.15) is 18.1 Å². The van der Waals surface area contributed by atoms with Gasteiger partial charge < -0.3 is 38.3 Å². The van der Waals surface area contributed by atoms with E-state index in [0.29, 0.717) is 19.4 Å². The third kappa shape index (κ3) is 11.8. The lowest BCUT2D eigenvalue weighted by atomic mass is 10.1. The van der Waals surface area contributed by atoms with Crippen LogP contribution in [0.1, 0.15) is 32.1 Å². The number of primary amides is 1. The van der Waals surface area contributed by atoms with Crippen molar-refractivity contribution >= 4 is 54.9 Å². The molecule has 0 saturated carbocycles. The second-order valence-electron chi connectivity index (χ2n) is 6.78. The second kappa shape index (κ2) is 15.7. The monoisotopic (exact) mass is 480 g/mol. The molecule has 4 unspecified atom stereocenters. The van der Waals surface area contributed by atoms with Crippen LogP contribution >= 0.6 is 25.3 Å². The van der Waals surface area contributed by atoms with Crippen molar-refractivity contribution in [1.29, 1.82) is 0 Å². The van der Waals surface area contributed by atoms with Crippen LogP contribution in [0.15, 0.2) is 0 Å². The number of nitrogens with one attached hydrogen (secondary N) is 3. The van der Waals surface area contributed by atoms with E-state index < -0.39 is 53.8 Å². The van der Waals surface area contributed by atoms with E-state index in [2.05, 4.69) is 41.2 Å². The molecule has 0 radical (unpaired) electrons. The minimum Gasteiger partial charge on any atom is -0.480 e. The zero-order valence-electron chi connectivity index (χ0n) is 17.1. The summed E-state index contributed by atoms with van der Waals surface area (Å²) in [5.74, 6) is -4.18. The lowest BCUT2D eigenvalue weighted by molar-refractivity contribution is -0.142. The van der Waals surface area contributed by atoms with E-state index >= 15 is 0 Å². The maximum absolute atomic E-state index is 12.6. The quantitative estimate of drug-likeness (QED) is 0.0822. The van der Waals surface area contributed by atoms with Gasteiger partial charge in [-0.1, -0.05) is 0 Å². The summed E-state index contributed by atoms with van der Waals surface area (Å²) in [5, 5.41) is 16.5. The van der Waals surface area contributed by atoms with E-state index in [1.807, 2.05) is 0 Å². The first-order chi connectivity index (χ1) is 14.6. The number of aliphatic carboxylic acids is 1. The Bertz CT molecular complexity index is 638. The Balaban J connectivity index is 5.26. The van der Waals surface area contributed by atoms with Crippen molar-refractivity contribution in [2.24, 2.45) is 17.2 Å². The summed E-state index contributed by atoms with van der Waals surface area (Å²) >= 11 is 7.93. The normalized spacial score (nSPS) is 14.6. The van der Waals surface area contributed by atoms with Gasteiger partial charge in [0.15, 0.2) is 0 Å². The first-order valence-corrected chi connectivity index (χ1v) is 10.9. The molecule has 0 bridgehead atoms. The molecule has 4 amide bonds. The third-order valence-corrected chi connectivity index (χ3v) is 4.98. The molecule has 4 atom stereocenters. The number of rotatable bonds is 16. The highest BCUT2D eigenvalue weighted by Crippen LogP contribution is 2.05. The van der Waals surface area contributed by atoms with Gasteiger partial charge in [0.2, 0.25) is 23.6 Å². The number of amides is 4. The Morgan fingerprint density at radius 2 is 1.35 bits per heavy atom. The van der Waals surface area contributed by atoms with Crippen LogP contribution in [0.3, 0.4) is 0 Å². The van der Waals surface area contributed by atoms with Crippen LogP contribution in [0.5, 0.6) is 0 Å². The number of carbonyl (C=O) groups is 5. The summed E-state index contributed by atoms with van der Waals surface area (Å²) in [7, 11) is 0. The molecule has 0 saturated heterocycles. The fraction of sp³-hybridized carbons (Fsp3) is 0.706. The third-order valence-electron chi connectivity index (χ3n) is 4.22. The van der Waals surface area contributed by atoms with Crippen LogP contribution in [0.25, 0.3) is 0 Å². The molecule has 0 aromatic heterocycles. The van der Waals surface area contributed by atoms with Crippen molar-refractivity contribution in [3.63, 3.8) is 0 Å². The van der Waals surface area contributed by atoms with Gasteiger partial charge in [-0.05, 0) is 32.2 Å². The van der Waals surface area contributed by atoms with Crippen molar-refractivity contribution in [1.82, 2.24) is 16.0 Å². The summed E-state index contributed by atoms with van der Waals surface area (Å²) < 4.78 is 0. The van der Waals surface area contributed by atoms with Crippen molar-refractivity contribution in [2.75, 3.05) is 18.1 Å². The van der Waals surface area contributed by atoms with Crippen LogP contribution in [0, 0.1) is 0 Å². The average Bonchev–Trinajstić information content (AvgIpc) is 2.72. The Labute approximate surface area is 191 Å². The lowest BCUT2D eigenvalue weighted by Gasteiger charge is -2.24. The van der Waals surface area contributed by atoms with Crippen LogP contribution in [-0.4, -0.2) is 76.9 Å². The van der Waals surface area contributed by atoms with E-state index in [-0.39, 0.29) is 30.8 Å². The molecule has 0 spiro atoms. The van der Waals surface area contributed by atoms with Crippen LogP contribution in [0.2, 0.25) is 0 Å². The van der Waals surface area contributed by atoms with Gasteiger partial charge in [0, 0.05) is 17.9 Å². The highest BCUT2D eigenvalue weighted by Gasteiger charge is 2.29. The molecule has 10 N–H and O–H groups in total. The predicted molar refractivity (Wildman–Crippen MR) is 120 cm³/mol. The van der Waals surface area contributed by atoms with Crippen molar-refractivity contribution in [2.45, 2.75) is 56.3 Å². The van der Waals surface area contributed by atoms with E-state index in [0.717, 1.165) is 0 Å². The Kier molecular flexibility index (Phi) is 14.7. The van der Waals surface area contributed by atoms with Gasteiger partial charge in [-0.2, -0.15) is 25.3 Å². The molecule has 0 fully saturated rings. The van der Waals surface area contributed by atoms with Crippen molar-refractivity contribution in [3.05, 3.63) is 0 Å². The number of nitrogens with two attached hydrogens (primary N) is 3. The standard InChI is InChI=1S/C17H32N6O6S2/c18-6-2-1-3-11(17(28)29)22-15(26)10(4-5-13(20)24)21-16(27)12(8-31)23-14(25)9(19)7-30/h9-12,30-31H,1-8,18-19H2,(H2,20,24)(H,21,27)(H,22,26)(H,23,25)(H,28,29). The smallest absolute Gasteiger partial charge is 0.326 e. The molecular weight excluding hydrogens is 448 g/mol. The zero-order valence-corrected chi connectivity index (χ0v) is 18.9. The summed E-state index contributed by atoms with van der Waals surface area (Å²) in [6.07, 6.45) is 0.813. The number of unbranched alkanes of at least 4 members (excludes halogenated alkanes) is 1. The molecule has 0 aliphatic heterocycles. The van der Waals surface area contributed by atoms with E-state index in [1.165, 1.54) is 0 Å². The number of thiol groups is 2. The van der Waals surface area contributed by atoms with E-state index in [1.54, 1.807) is 0 Å². The molecule has 14 heteroatoms. The number of carboxylic acid groups (broad SMARTS) is 1. The largest absolute Gasteiger partial charge is 0.480 e. The van der Waals surface area contributed by atoms with Gasteiger partial charge in [0.05, 0.1) is 6.04 Å². The fourth-order valence-electron chi connectivity index (χ4n) is 2.41. The topological polar surface area (TPSA) is 220 Å². The molecule has 0 aliphatic carbocycles. The van der Waals surface area contributed by atoms with Crippen molar-refractivity contribution in [3.8, 4) is 0 Å². The Morgan fingerprint density at radius 1 is 0.806 bits per heavy atom. The molecule has 0 aliphatic rings. The molecule has 178 valence electrons. The number of carbonyl (C=O) groups excluding carboxylic acids is 4. The number of hydrogen-bond donors (Lipinski definition) is 9. The highest BCUT2D eigenvalue weighted by molar-refractivity contribution is 7.80. The maximum Gasteiger partial charge on any atom is 0.326 e. The van der Waals surface area contributed by atoms with Gasteiger partial charge in [0.25, 0.3) is 0 Å². The minimum absolute atomic E-state index is 0.0527.